The predicted molar refractivity (Wildman–Crippen MR) is 77.6 cm³/mol. The zero-order valence-electron chi connectivity index (χ0n) is 13.1. The summed E-state index contributed by atoms with van der Waals surface area (Å²) in [6.45, 7) is 3.96. The van der Waals surface area contributed by atoms with Crippen LogP contribution in [-0.2, 0) is 28.6 Å². The van der Waals surface area contributed by atoms with Gasteiger partial charge in [0.2, 0.25) is 0 Å². The number of alkyl halides is 3. The fraction of sp³-hybridized carbons (Fsp3) is 0.562. The van der Waals surface area contributed by atoms with Crippen LogP contribution in [0.4, 0.5) is 13.2 Å². The van der Waals surface area contributed by atoms with Gasteiger partial charge < -0.3 is 13.9 Å². The van der Waals surface area contributed by atoms with Crippen molar-refractivity contribution in [3.05, 3.63) is 29.3 Å². The maximum Gasteiger partial charge on any atom is 0.420 e. The lowest BCUT2D eigenvalue weighted by molar-refractivity contribution is -0.137. The van der Waals surface area contributed by atoms with Crippen LogP contribution in [0, 0.1) is 0 Å². The average molecular weight is 342 g/mol. The van der Waals surface area contributed by atoms with Gasteiger partial charge in [0.25, 0.3) is 0 Å². The monoisotopic (exact) mass is 342 g/mol. The first-order valence-corrected chi connectivity index (χ1v) is 7.88. The van der Waals surface area contributed by atoms with Crippen molar-refractivity contribution in [1.29, 1.82) is 0 Å². The van der Waals surface area contributed by atoms with Crippen LogP contribution in [0.3, 0.4) is 0 Å². The second kappa shape index (κ2) is 5.63. The van der Waals surface area contributed by atoms with E-state index in [0.29, 0.717) is 44.2 Å². The molecule has 130 valence electrons. The number of hydrogen-bond donors (Lipinski definition) is 0. The summed E-state index contributed by atoms with van der Waals surface area (Å²) >= 11 is 0. The normalized spacial score (nSPS) is 23.8. The Balaban J connectivity index is 1.71. The first kappa shape index (κ1) is 15.7. The van der Waals surface area contributed by atoms with E-state index in [1.165, 1.54) is 0 Å². The van der Waals surface area contributed by atoms with Crippen molar-refractivity contribution >= 4 is 0 Å². The molecule has 2 aromatic rings. The maximum atomic E-state index is 13.2. The lowest BCUT2D eigenvalue weighted by atomic mass is 9.86. The van der Waals surface area contributed by atoms with Crippen molar-refractivity contribution in [2.45, 2.75) is 38.1 Å². The van der Waals surface area contributed by atoms with Crippen molar-refractivity contribution in [3.63, 3.8) is 0 Å². The smallest absolute Gasteiger partial charge is 0.420 e. The number of rotatable bonds is 2. The highest BCUT2D eigenvalue weighted by Gasteiger charge is 2.41. The standard InChI is InChI=1S/C16H17F3N2O3/c1-9-4-13-14(12(8-24-13)16(17,18)19)15-11(9)6-21(20-15)5-10-7-22-2-3-23-10/h6,8-10H,2-5,7H2,1H3/t9?,10-/m0/s1. The quantitative estimate of drug-likeness (QED) is 0.841. The lowest BCUT2D eigenvalue weighted by Gasteiger charge is -2.22. The minimum absolute atomic E-state index is 0.0528. The van der Waals surface area contributed by atoms with Crippen molar-refractivity contribution in [2.24, 2.45) is 0 Å². The Morgan fingerprint density at radius 3 is 2.88 bits per heavy atom. The Bertz CT molecular complexity index is 744. The van der Waals surface area contributed by atoms with Gasteiger partial charge in [-0.25, -0.2) is 0 Å². The average Bonchev–Trinajstić information content (AvgIpc) is 3.11. The molecular weight excluding hydrogens is 325 g/mol. The van der Waals surface area contributed by atoms with Crippen LogP contribution in [0.25, 0.3) is 11.3 Å². The molecule has 2 atom stereocenters. The van der Waals surface area contributed by atoms with Crippen LogP contribution in [0.5, 0.6) is 0 Å². The van der Waals surface area contributed by atoms with E-state index in [1.807, 2.05) is 13.1 Å². The van der Waals surface area contributed by atoms with Crippen molar-refractivity contribution in [1.82, 2.24) is 9.78 Å². The maximum absolute atomic E-state index is 13.2. The van der Waals surface area contributed by atoms with E-state index >= 15 is 0 Å². The van der Waals surface area contributed by atoms with Crippen LogP contribution in [0.15, 0.2) is 16.9 Å². The molecule has 2 aliphatic rings. The van der Waals surface area contributed by atoms with Crippen molar-refractivity contribution in [3.8, 4) is 11.3 Å². The molecule has 8 heteroatoms. The van der Waals surface area contributed by atoms with Gasteiger partial charge in [-0.05, 0) is 5.92 Å². The number of furan rings is 1. The Kier molecular flexibility index (Phi) is 3.69. The molecule has 0 bridgehead atoms. The molecule has 1 saturated heterocycles. The van der Waals surface area contributed by atoms with Gasteiger partial charge in [-0.1, -0.05) is 6.92 Å². The topological polar surface area (TPSA) is 49.4 Å². The van der Waals surface area contributed by atoms with Gasteiger partial charge in [0, 0.05) is 18.2 Å². The second-order valence-electron chi connectivity index (χ2n) is 6.27. The zero-order valence-corrected chi connectivity index (χ0v) is 13.1. The molecule has 1 aliphatic heterocycles. The molecule has 1 aliphatic carbocycles. The number of hydrogen-bond acceptors (Lipinski definition) is 4. The summed E-state index contributed by atoms with van der Waals surface area (Å²) < 4.78 is 57.5. The largest absolute Gasteiger partial charge is 0.468 e. The third-order valence-electron chi connectivity index (χ3n) is 4.50. The summed E-state index contributed by atoms with van der Waals surface area (Å²) in [5.74, 6) is 0.404. The molecule has 0 radical (unpaired) electrons. The van der Waals surface area contributed by atoms with Crippen LogP contribution >= 0.6 is 0 Å². The van der Waals surface area contributed by atoms with E-state index in [2.05, 4.69) is 5.10 Å². The molecular formula is C16H17F3N2O3. The summed E-state index contributed by atoms with van der Waals surface area (Å²) in [5, 5.41) is 4.40. The number of ether oxygens (including phenoxy) is 2. The third kappa shape index (κ3) is 2.63. The number of halogens is 3. The van der Waals surface area contributed by atoms with Crippen molar-refractivity contribution in [2.75, 3.05) is 19.8 Å². The van der Waals surface area contributed by atoms with Gasteiger partial charge in [-0.15, -0.1) is 0 Å². The van der Waals surface area contributed by atoms with Crippen molar-refractivity contribution < 1.29 is 27.1 Å². The molecule has 0 aromatic carbocycles. The third-order valence-corrected chi connectivity index (χ3v) is 4.50. The predicted octanol–water partition coefficient (Wildman–Crippen LogP) is 3.24. The number of aromatic nitrogens is 2. The van der Waals surface area contributed by atoms with Gasteiger partial charge in [-0.3, -0.25) is 4.68 Å². The molecule has 4 rings (SSSR count). The molecule has 3 heterocycles. The van der Waals surface area contributed by atoms with E-state index < -0.39 is 11.7 Å². The summed E-state index contributed by atoms with van der Waals surface area (Å²) in [6, 6.07) is 0. The molecule has 0 N–H and O–H groups in total. The van der Waals surface area contributed by atoms with Crippen LogP contribution in [-0.4, -0.2) is 35.7 Å². The number of fused-ring (bicyclic) bond motifs is 3. The SMILES string of the molecule is CC1Cc2occ(C(F)(F)F)c2-c2nn(C[C@H]3COCCO3)cc21. The molecule has 1 fully saturated rings. The van der Waals surface area contributed by atoms with E-state index in [9.17, 15) is 13.2 Å². The summed E-state index contributed by atoms with van der Waals surface area (Å²) in [6.07, 6.45) is -1.55. The Morgan fingerprint density at radius 2 is 2.17 bits per heavy atom. The summed E-state index contributed by atoms with van der Waals surface area (Å²) in [4.78, 5) is 0. The fourth-order valence-corrected chi connectivity index (χ4v) is 3.34. The van der Waals surface area contributed by atoms with E-state index in [1.54, 1.807) is 4.68 Å². The Morgan fingerprint density at radius 1 is 1.33 bits per heavy atom. The molecule has 2 aromatic heterocycles. The highest BCUT2D eigenvalue weighted by Crippen LogP contribution is 2.46. The van der Waals surface area contributed by atoms with Gasteiger partial charge in [0.05, 0.1) is 37.6 Å². The van der Waals surface area contributed by atoms with E-state index in [4.69, 9.17) is 13.9 Å². The Hall–Kier alpha value is -1.80. The second-order valence-corrected chi connectivity index (χ2v) is 6.27. The van der Waals surface area contributed by atoms with Crippen LogP contribution < -0.4 is 0 Å². The molecule has 0 saturated carbocycles. The highest BCUT2D eigenvalue weighted by molar-refractivity contribution is 5.72. The lowest BCUT2D eigenvalue weighted by Crippen LogP contribution is -2.32. The molecule has 24 heavy (non-hydrogen) atoms. The molecule has 0 amide bonds. The van der Waals surface area contributed by atoms with Gasteiger partial charge in [0.15, 0.2) is 0 Å². The van der Waals surface area contributed by atoms with Crippen LogP contribution in [0.1, 0.15) is 29.7 Å². The zero-order chi connectivity index (χ0) is 16.9. The first-order valence-electron chi connectivity index (χ1n) is 7.88. The van der Waals surface area contributed by atoms with E-state index in [-0.39, 0.29) is 17.6 Å². The highest BCUT2D eigenvalue weighted by atomic mass is 19.4. The van der Waals surface area contributed by atoms with Crippen LogP contribution in [0.2, 0.25) is 0 Å². The minimum Gasteiger partial charge on any atom is -0.468 e. The summed E-state index contributed by atoms with van der Waals surface area (Å²) in [5.41, 5.74) is 0.496. The molecule has 5 nitrogen and oxygen atoms in total. The Labute approximate surface area is 136 Å². The van der Waals surface area contributed by atoms with Gasteiger partial charge >= 0.3 is 6.18 Å². The summed E-state index contributed by atoms with van der Waals surface area (Å²) in [7, 11) is 0. The molecule has 1 unspecified atom stereocenters. The number of nitrogens with zero attached hydrogens (tertiary/aromatic N) is 2. The fourth-order valence-electron chi connectivity index (χ4n) is 3.34. The minimum atomic E-state index is -4.46. The van der Waals surface area contributed by atoms with Gasteiger partial charge in [0.1, 0.15) is 23.7 Å². The molecule has 0 spiro atoms. The van der Waals surface area contributed by atoms with Gasteiger partial charge in [-0.2, -0.15) is 18.3 Å². The first-order chi connectivity index (χ1) is 11.4. The van der Waals surface area contributed by atoms with E-state index in [0.717, 1.165) is 11.8 Å².